The van der Waals surface area contributed by atoms with Gasteiger partial charge in [0.15, 0.2) is 0 Å². The molecule has 0 saturated heterocycles. The van der Waals surface area contributed by atoms with Crippen LogP contribution in [-0.2, 0) is 22.5 Å². The monoisotopic (exact) mass is 539 g/mol. The van der Waals surface area contributed by atoms with Crippen LogP contribution in [0.15, 0.2) is 75.7 Å². The van der Waals surface area contributed by atoms with Crippen LogP contribution < -0.4 is 0 Å². The number of hydrogen-bond acceptors (Lipinski definition) is 5. The fraction of sp³-hybridized carbons (Fsp3) is 0.424. The molecule has 2 aromatic carbocycles. The molecule has 0 aliphatic heterocycles. The minimum Gasteiger partial charge on any atom is -0.466 e. The second-order valence-corrected chi connectivity index (χ2v) is 10.5. The zero-order valence-electron chi connectivity index (χ0n) is 24.3. The normalized spacial score (nSPS) is 14.8. The number of unbranched alkanes of at least 4 members (excludes halogenated alkanes) is 1. The Hall–Kier alpha value is -3.87. The first-order valence-electron chi connectivity index (χ1n) is 14.4. The molecule has 7 heteroatoms. The number of rotatable bonds is 12. The van der Waals surface area contributed by atoms with Crippen LogP contribution in [0.5, 0.6) is 0 Å². The lowest BCUT2D eigenvalue weighted by molar-refractivity contribution is -0.136. The second kappa shape index (κ2) is 14.5. The summed E-state index contributed by atoms with van der Waals surface area (Å²) in [7, 11) is 3.08. The van der Waals surface area contributed by atoms with Crippen LogP contribution in [0, 0.1) is 5.92 Å². The Bertz CT molecular complexity index is 1360. The van der Waals surface area contributed by atoms with Gasteiger partial charge in [0.05, 0.1) is 31.8 Å². The van der Waals surface area contributed by atoms with E-state index in [9.17, 15) is 4.79 Å². The number of ether oxygens (including phenoxy) is 1. The number of methoxy groups -OCH3 is 1. The Balaban J connectivity index is 1.63. The molecule has 1 saturated carbocycles. The summed E-state index contributed by atoms with van der Waals surface area (Å²) in [5.74, 6) is 1.36. The van der Waals surface area contributed by atoms with Gasteiger partial charge in [-0.25, -0.2) is 9.78 Å². The summed E-state index contributed by atoms with van der Waals surface area (Å²) in [5, 5.41) is 11.8. The van der Waals surface area contributed by atoms with Crippen LogP contribution >= 0.6 is 0 Å². The number of benzene rings is 2. The summed E-state index contributed by atoms with van der Waals surface area (Å²) in [6.07, 6.45) is 12.6. The van der Waals surface area contributed by atoms with Crippen molar-refractivity contribution in [3.63, 3.8) is 0 Å². The van der Waals surface area contributed by atoms with Crippen molar-refractivity contribution in [2.24, 2.45) is 21.4 Å². The van der Waals surface area contributed by atoms with E-state index in [0.29, 0.717) is 12.5 Å². The smallest absolute Gasteiger partial charge is 0.333 e. The molecule has 0 bridgehead atoms. The standard InChI is InChI=1S/C33H41N5O2/c1-5-6-15-32-35-22-29(21-28(33(39)40-4)20-25-11-7-8-12-25)38(32)23-26-16-18-27(19-17-26)31-14-10-9-13-30(31)24(2)36-37-34-3/h9-10,13-14,16-19,21-22,25H,5-8,11-12,15,20,23H2,1-4H3/b28-21+,36-24+,37-34?. The lowest BCUT2D eigenvalue weighted by Crippen LogP contribution is -2.11. The maximum atomic E-state index is 12.7. The van der Waals surface area contributed by atoms with Crippen LogP contribution in [0.4, 0.5) is 0 Å². The molecule has 0 radical (unpaired) electrons. The zero-order valence-corrected chi connectivity index (χ0v) is 24.3. The van der Waals surface area contributed by atoms with Crippen LogP contribution in [0.2, 0.25) is 0 Å². The topological polar surface area (TPSA) is 81.2 Å². The molecule has 3 aromatic rings. The fourth-order valence-corrected chi connectivity index (χ4v) is 5.49. The van der Waals surface area contributed by atoms with Gasteiger partial charge in [-0.05, 0) is 53.7 Å². The number of aromatic nitrogens is 2. The van der Waals surface area contributed by atoms with Crippen molar-refractivity contribution >= 4 is 17.8 Å². The highest BCUT2D eigenvalue weighted by atomic mass is 16.5. The van der Waals surface area contributed by atoms with E-state index in [1.807, 2.05) is 31.3 Å². The summed E-state index contributed by atoms with van der Waals surface area (Å²) >= 11 is 0. The van der Waals surface area contributed by atoms with E-state index in [0.717, 1.165) is 65.2 Å². The molecule has 0 N–H and O–H groups in total. The highest BCUT2D eigenvalue weighted by Crippen LogP contribution is 2.31. The van der Waals surface area contributed by atoms with Crippen LogP contribution in [0.3, 0.4) is 0 Å². The Labute approximate surface area is 238 Å². The molecule has 1 heterocycles. The summed E-state index contributed by atoms with van der Waals surface area (Å²) in [5.41, 5.74) is 6.94. The Kier molecular flexibility index (Phi) is 10.6. The number of hydrogen-bond donors (Lipinski definition) is 0. The van der Waals surface area contributed by atoms with Gasteiger partial charge in [-0.2, -0.15) is 5.11 Å². The number of carbonyl (C=O) groups is 1. The third kappa shape index (κ3) is 7.40. The van der Waals surface area contributed by atoms with Gasteiger partial charge in [-0.3, -0.25) is 0 Å². The number of imidazole rings is 1. The summed E-state index contributed by atoms with van der Waals surface area (Å²) in [4.78, 5) is 17.5. The van der Waals surface area contributed by atoms with Crippen LogP contribution in [0.25, 0.3) is 17.2 Å². The van der Waals surface area contributed by atoms with Crippen LogP contribution in [0.1, 0.15) is 81.4 Å². The highest BCUT2D eigenvalue weighted by Gasteiger charge is 2.21. The first-order chi connectivity index (χ1) is 19.5. The largest absolute Gasteiger partial charge is 0.466 e. The number of esters is 1. The fourth-order valence-electron chi connectivity index (χ4n) is 5.49. The van der Waals surface area contributed by atoms with Crippen LogP contribution in [-0.4, -0.2) is 35.4 Å². The van der Waals surface area contributed by atoms with Gasteiger partial charge in [-0.1, -0.05) is 87.6 Å². The lowest BCUT2D eigenvalue weighted by atomic mass is 9.96. The molecule has 0 amide bonds. The molecule has 0 spiro atoms. The lowest BCUT2D eigenvalue weighted by Gasteiger charge is -2.14. The maximum absolute atomic E-state index is 12.7. The van der Waals surface area contributed by atoms with Gasteiger partial charge in [0, 0.05) is 24.1 Å². The van der Waals surface area contributed by atoms with E-state index < -0.39 is 0 Å². The molecular formula is C33H41N5O2. The van der Waals surface area contributed by atoms with E-state index in [2.05, 4.69) is 63.3 Å². The molecule has 1 fully saturated rings. The number of aryl methyl sites for hydroxylation is 1. The molecule has 0 unspecified atom stereocenters. The average Bonchev–Trinajstić information content (AvgIpc) is 3.64. The van der Waals surface area contributed by atoms with E-state index in [-0.39, 0.29) is 5.97 Å². The van der Waals surface area contributed by atoms with Gasteiger partial charge >= 0.3 is 5.97 Å². The molecule has 1 aromatic heterocycles. The SMILES string of the molecule is CCCCc1ncc(/C=C(\CC2CCCC2)C(=O)OC)n1Cc1ccc(-c2ccccc2/C(C)=N/N=NC)cc1. The van der Waals surface area contributed by atoms with E-state index in [1.165, 1.54) is 38.4 Å². The minimum absolute atomic E-state index is 0.239. The Morgan fingerprint density at radius 1 is 1.12 bits per heavy atom. The summed E-state index contributed by atoms with van der Waals surface area (Å²) in [6, 6.07) is 16.9. The molecule has 40 heavy (non-hydrogen) atoms. The Morgan fingerprint density at radius 2 is 1.88 bits per heavy atom. The van der Waals surface area contributed by atoms with Crippen molar-refractivity contribution in [2.45, 2.75) is 71.8 Å². The summed E-state index contributed by atoms with van der Waals surface area (Å²) in [6.45, 7) is 4.82. The van der Waals surface area contributed by atoms with Gasteiger partial charge in [0.2, 0.25) is 0 Å². The molecule has 7 nitrogen and oxygen atoms in total. The molecule has 0 atom stereocenters. The first kappa shape index (κ1) is 29.1. The van der Waals surface area contributed by atoms with Crippen molar-refractivity contribution in [1.29, 1.82) is 0 Å². The predicted molar refractivity (Wildman–Crippen MR) is 161 cm³/mol. The molecular weight excluding hydrogens is 498 g/mol. The maximum Gasteiger partial charge on any atom is 0.333 e. The van der Waals surface area contributed by atoms with Gasteiger partial charge in [0.1, 0.15) is 5.82 Å². The van der Waals surface area contributed by atoms with Crippen molar-refractivity contribution in [1.82, 2.24) is 9.55 Å². The third-order valence-electron chi connectivity index (χ3n) is 7.68. The first-order valence-corrected chi connectivity index (χ1v) is 14.4. The number of carbonyl (C=O) groups excluding carboxylic acids is 1. The van der Waals surface area contributed by atoms with Crippen molar-refractivity contribution in [3.8, 4) is 11.1 Å². The Morgan fingerprint density at radius 3 is 2.58 bits per heavy atom. The molecule has 4 rings (SSSR count). The zero-order chi connectivity index (χ0) is 28.3. The van der Waals surface area contributed by atoms with E-state index >= 15 is 0 Å². The van der Waals surface area contributed by atoms with E-state index in [1.54, 1.807) is 7.05 Å². The third-order valence-corrected chi connectivity index (χ3v) is 7.68. The quantitative estimate of drug-likeness (QED) is 0.0772. The van der Waals surface area contributed by atoms with E-state index in [4.69, 9.17) is 9.72 Å². The summed E-state index contributed by atoms with van der Waals surface area (Å²) < 4.78 is 7.42. The van der Waals surface area contributed by atoms with Gasteiger partial charge in [0.25, 0.3) is 0 Å². The molecule has 1 aliphatic rings. The molecule has 210 valence electrons. The average molecular weight is 540 g/mol. The minimum atomic E-state index is -0.239. The highest BCUT2D eigenvalue weighted by molar-refractivity contribution is 6.04. The van der Waals surface area contributed by atoms with Crippen molar-refractivity contribution in [3.05, 3.63) is 82.9 Å². The molecule has 1 aliphatic carbocycles. The number of nitrogens with zero attached hydrogens (tertiary/aromatic N) is 5. The predicted octanol–water partition coefficient (Wildman–Crippen LogP) is 7.88. The van der Waals surface area contributed by atoms with Crippen molar-refractivity contribution in [2.75, 3.05) is 14.2 Å². The van der Waals surface area contributed by atoms with Crippen molar-refractivity contribution < 1.29 is 9.53 Å². The van der Waals surface area contributed by atoms with Gasteiger partial charge in [-0.15, -0.1) is 5.10 Å². The van der Waals surface area contributed by atoms with Gasteiger partial charge < -0.3 is 9.30 Å². The second-order valence-electron chi connectivity index (χ2n) is 10.5.